The quantitative estimate of drug-likeness (QED) is 0.492. The van der Waals surface area contributed by atoms with Crippen LogP contribution in [0.2, 0.25) is 0 Å². The predicted octanol–water partition coefficient (Wildman–Crippen LogP) is -0.930. The van der Waals surface area contributed by atoms with Crippen LogP contribution in [0, 0.1) is 0 Å². The first-order chi connectivity index (χ1) is 7.93. The Morgan fingerprint density at radius 2 is 2.18 bits per heavy atom. The van der Waals surface area contributed by atoms with E-state index in [0.29, 0.717) is 0 Å². The van der Waals surface area contributed by atoms with Gasteiger partial charge < -0.3 is 21.5 Å². The van der Waals surface area contributed by atoms with Crippen LogP contribution in [0.15, 0.2) is 35.2 Å². The zero-order valence-corrected chi connectivity index (χ0v) is 11.4. The summed E-state index contributed by atoms with van der Waals surface area (Å²) in [6.07, 6.45) is 0. The number of nitrogens with zero attached hydrogens (tertiary/aromatic N) is 3. The summed E-state index contributed by atoms with van der Waals surface area (Å²) in [4.78, 5) is 4.72. The van der Waals surface area contributed by atoms with Gasteiger partial charge in [0.05, 0.1) is 23.0 Å². The zero-order valence-electron chi connectivity index (χ0n) is 9.01. The minimum atomic E-state index is 0. The van der Waals surface area contributed by atoms with Gasteiger partial charge in [-0.05, 0) is 12.1 Å². The second-order valence-corrected chi connectivity index (χ2v) is 4.73. The SMILES string of the molecule is [Br-].c1ccc2c(c1)nc1n2CC[n+]2cscc2-1. The lowest BCUT2D eigenvalue weighted by Gasteiger charge is -2.10. The summed E-state index contributed by atoms with van der Waals surface area (Å²) in [5, 5.41) is 2.18. The maximum absolute atomic E-state index is 4.72. The fourth-order valence-electron chi connectivity index (χ4n) is 2.35. The molecule has 3 nitrogen and oxygen atoms in total. The van der Waals surface area contributed by atoms with Crippen molar-refractivity contribution >= 4 is 22.4 Å². The van der Waals surface area contributed by atoms with Crippen molar-refractivity contribution in [3.05, 3.63) is 35.2 Å². The second kappa shape index (κ2) is 3.92. The maximum Gasteiger partial charge on any atom is 0.259 e. The van der Waals surface area contributed by atoms with E-state index in [1.807, 2.05) is 6.07 Å². The van der Waals surface area contributed by atoms with Gasteiger partial charge in [-0.25, -0.2) is 4.98 Å². The number of hydrogen-bond donors (Lipinski definition) is 0. The Morgan fingerprint density at radius 1 is 1.29 bits per heavy atom. The van der Waals surface area contributed by atoms with E-state index >= 15 is 0 Å². The number of aryl methyl sites for hydroxylation is 2. The van der Waals surface area contributed by atoms with Crippen molar-refractivity contribution in [3.8, 4) is 11.5 Å². The molecule has 0 saturated carbocycles. The van der Waals surface area contributed by atoms with Gasteiger partial charge in [0.1, 0.15) is 0 Å². The molecule has 0 radical (unpaired) electrons. The van der Waals surface area contributed by atoms with Crippen molar-refractivity contribution in [2.75, 3.05) is 0 Å². The van der Waals surface area contributed by atoms with Crippen LogP contribution in [0.4, 0.5) is 0 Å². The molecule has 0 aliphatic carbocycles. The monoisotopic (exact) mass is 307 g/mol. The lowest BCUT2D eigenvalue weighted by atomic mass is 10.3. The first-order valence-electron chi connectivity index (χ1n) is 5.35. The van der Waals surface area contributed by atoms with E-state index in [9.17, 15) is 0 Å². The van der Waals surface area contributed by atoms with Crippen LogP contribution >= 0.6 is 11.3 Å². The van der Waals surface area contributed by atoms with E-state index in [1.165, 1.54) is 11.2 Å². The summed E-state index contributed by atoms with van der Waals surface area (Å²) >= 11 is 1.74. The van der Waals surface area contributed by atoms with Gasteiger partial charge in [0.2, 0.25) is 11.3 Å². The largest absolute Gasteiger partial charge is 1.00 e. The molecule has 1 aromatic carbocycles. The van der Waals surface area contributed by atoms with Crippen molar-refractivity contribution < 1.29 is 21.5 Å². The number of imidazole rings is 1. The van der Waals surface area contributed by atoms with Crippen molar-refractivity contribution in [2.24, 2.45) is 0 Å². The Hall–Kier alpha value is -1.20. The van der Waals surface area contributed by atoms with E-state index in [1.54, 1.807) is 11.3 Å². The maximum atomic E-state index is 4.72. The highest BCUT2D eigenvalue weighted by Crippen LogP contribution is 2.25. The van der Waals surface area contributed by atoms with E-state index < -0.39 is 0 Å². The Bertz CT molecular complexity index is 686. The molecule has 0 saturated heterocycles. The second-order valence-electron chi connectivity index (χ2n) is 4.01. The Morgan fingerprint density at radius 3 is 3.12 bits per heavy atom. The fourth-order valence-corrected chi connectivity index (χ4v) is 3.15. The van der Waals surface area contributed by atoms with E-state index in [-0.39, 0.29) is 17.0 Å². The van der Waals surface area contributed by atoms with E-state index in [0.717, 1.165) is 24.4 Å². The zero-order chi connectivity index (χ0) is 10.5. The van der Waals surface area contributed by atoms with Crippen molar-refractivity contribution in [1.29, 1.82) is 0 Å². The molecular formula is C12H10BrN3S. The first-order valence-corrected chi connectivity index (χ1v) is 6.29. The lowest BCUT2D eigenvalue weighted by Crippen LogP contribution is -3.00. The van der Waals surface area contributed by atoms with Gasteiger partial charge in [-0.1, -0.05) is 23.5 Å². The molecule has 0 bridgehead atoms. The number of thiazole rings is 1. The van der Waals surface area contributed by atoms with Gasteiger partial charge in [-0.15, -0.1) is 0 Å². The molecule has 3 heterocycles. The van der Waals surface area contributed by atoms with Crippen LogP contribution < -0.4 is 21.5 Å². The standard InChI is InChI=1S/C12H10N3S.BrH/c1-2-4-10-9(3-1)13-12-11-7-16-8-14(11)5-6-15(10)12;/h1-4,7-8H,5-6H2;1H/q+1;/p-1. The summed E-state index contributed by atoms with van der Waals surface area (Å²) in [7, 11) is 0. The number of para-hydroxylation sites is 2. The normalized spacial score (nSPS) is 12.9. The molecule has 0 spiro atoms. The van der Waals surface area contributed by atoms with Crippen LogP contribution in [0.3, 0.4) is 0 Å². The molecule has 0 atom stereocenters. The minimum Gasteiger partial charge on any atom is -1.00 e. The highest BCUT2D eigenvalue weighted by molar-refractivity contribution is 7.07. The van der Waals surface area contributed by atoms with E-state index in [4.69, 9.17) is 4.98 Å². The molecule has 0 amide bonds. The topological polar surface area (TPSA) is 21.7 Å². The van der Waals surface area contributed by atoms with Crippen LogP contribution in [0.25, 0.3) is 22.6 Å². The van der Waals surface area contributed by atoms with Crippen molar-refractivity contribution in [2.45, 2.75) is 13.1 Å². The summed E-state index contributed by atoms with van der Waals surface area (Å²) in [5.41, 5.74) is 5.75. The first kappa shape index (κ1) is 10.9. The van der Waals surface area contributed by atoms with Crippen molar-refractivity contribution in [3.63, 3.8) is 0 Å². The fraction of sp³-hybridized carbons (Fsp3) is 0.167. The summed E-state index contributed by atoms with van der Waals surface area (Å²) in [6, 6.07) is 8.35. The molecule has 1 aliphatic heterocycles. The molecular weight excluding hydrogens is 298 g/mol. The molecule has 17 heavy (non-hydrogen) atoms. The molecule has 86 valence electrons. The van der Waals surface area contributed by atoms with Gasteiger partial charge in [0.25, 0.3) is 5.69 Å². The number of aromatic nitrogens is 3. The molecule has 4 rings (SSSR count). The third-order valence-electron chi connectivity index (χ3n) is 3.13. The van der Waals surface area contributed by atoms with Gasteiger partial charge >= 0.3 is 0 Å². The Balaban J connectivity index is 0.000000902. The molecule has 2 aromatic heterocycles. The van der Waals surface area contributed by atoms with Gasteiger partial charge in [0.15, 0.2) is 6.54 Å². The minimum absolute atomic E-state index is 0. The number of fused-ring (bicyclic) bond motifs is 5. The number of rotatable bonds is 0. The lowest BCUT2D eigenvalue weighted by molar-refractivity contribution is -0.685. The third kappa shape index (κ3) is 1.46. The molecule has 0 fully saturated rings. The molecule has 0 N–H and O–H groups in total. The average molecular weight is 308 g/mol. The van der Waals surface area contributed by atoms with Crippen LogP contribution in [-0.2, 0) is 13.1 Å². The predicted molar refractivity (Wildman–Crippen MR) is 63.2 cm³/mol. The number of hydrogen-bond acceptors (Lipinski definition) is 2. The highest BCUT2D eigenvalue weighted by Gasteiger charge is 2.26. The molecule has 5 heteroatoms. The van der Waals surface area contributed by atoms with Crippen LogP contribution in [0.5, 0.6) is 0 Å². The van der Waals surface area contributed by atoms with Gasteiger partial charge in [0, 0.05) is 0 Å². The number of benzene rings is 1. The third-order valence-corrected chi connectivity index (χ3v) is 3.86. The van der Waals surface area contributed by atoms with Crippen molar-refractivity contribution in [1.82, 2.24) is 9.55 Å². The summed E-state index contributed by atoms with van der Waals surface area (Å²) in [5.74, 6) is 1.11. The molecule has 3 aromatic rings. The summed E-state index contributed by atoms with van der Waals surface area (Å²) in [6.45, 7) is 2.07. The van der Waals surface area contributed by atoms with Gasteiger partial charge in [-0.2, -0.15) is 4.57 Å². The molecule has 1 aliphatic rings. The van der Waals surface area contributed by atoms with Crippen LogP contribution in [-0.4, -0.2) is 9.55 Å². The van der Waals surface area contributed by atoms with Crippen LogP contribution in [0.1, 0.15) is 0 Å². The Labute approximate surface area is 113 Å². The molecule has 0 unspecified atom stereocenters. The van der Waals surface area contributed by atoms with E-state index in [2.05, 4.69) is 38.2 Å². The van der Waals surface area contributed by atoms with Gasteiger partial charge in [-0.3, -0.25) is 0 Å². The Kier molecular flexibility index (Phi) is 2.52. The highest BCUT2D eigenvalue weighted by atomic mass is 79.9. The smallest absolute Gasteiger partial charge is 0.259 e. The summed E-state index contributed by atoms with van der Waals surface area (Å²) < 4.78 is 4.60. The average Bonchev–Trinajstić information content (AvgIpc) is 2.92. The number of halogens is 1.